The van der Waals surface area contributed by atoms with E-state index in [4.69, 9.17) is 0 Å². The molecule has 1 saturated heterocycles. The van der Waals surface area contributed by atoms with Gasteiger partial charge in [-0.2, -0.15) is 0 Å². The number of likely N-dealkylation sites (tertiary alicyclic amines) is 1. The first-order valence-corrected chi connectivity index (χ1v) is 7.19. The van der Waals surface area contributed by atoms with E-state index in [9.17, 15) is 4.79 Å². The summed E-state index contributed by atoms with van der Waals surface area (Å²) < 4.78 is 0.956. The molecule has 0 saturated carbocycles. The highest BCUT2D eigenvalue weighted by molar-refractivity contribution is 9.10. The van der Waals surface area contributed by atoms with E-state index in [0.29, 0.717) is 5.92 Å². The molecule has 0 aromatic heterocycles. The van der Waals surface area contributed by atoms with Crippen LogP contribution in [0.5, 0.6) is 0 Å². The Labute approximate surface area is 117 Å². The Morgan fingerprint density at radius 3 is 3.11 bits per heavy atom. The summed E-state index contributed by atoms with van der Waals surface area (Å²) in [6.45, 7) is 2.74. The minimum atomic E-state index is 0.150. The number of nitrogens with zero attached hydrogens (tertiary/aromatic N) is 1. The van der Waals surface area contributed by atoms with Crippen LogP contribution in [0.2, 0.25) is 0 Å². The van der Waals surface area contributed by atoms with Crippen LogP contribution in [-0.4, -0.2) is 37.5 Å². The molecule has 0 aliphatic carbocycles. The number of carbonyl (C=O) groups is 1. The fourth-order valence-electron chi connectivity index (χ4n) is 2.51. The zero-order valence-electron chi connectivity index (χ0n) is 10.7. The van der Waals surface area contributed by atoms with Crippen molar-refractivity contribution in [1.82, 2.24) is 10.2 Å². The van der Waals surface area contributed by atoms with E-state index in [2.05, 4.69) is 21.2 Å². The van der Waals surface area contributed by atoms with Gasteiger partial charge in [0, 0.05) is 23.1 Å². The summed E-state index contributed by atoms with van der Waals surface area (Å²) in [5, 5.41) is 3.20. The van der Waals surface area contributed by atoms with Crippen LogP contribution >= 0.6 is 15.9 Å². The Morgan fingerprint density at radius 1 is 1.56 bits per heavy atom. The molecule has 4 heteroatoms. The van der Waals surface area contributed by atoms with Gasteiger partial charge in [-0.15, -0.1) is 0 Å². The van der Waals surface area contributed by atoms with Crippen LogP contribution in [0.1, 0.15) is 23.2 Å². The van der Waals surface area contributed by atoms with Gasteiger partial charge in [-0.25, -0.2) is 0 Å². The van der Waals surface area contributed by atoms with Gasteiger partial charge < -0.3 is 10.2 Å². The average molecular weight is 311 g/mol. The summed E-state index contributed by atoms with van der Waals surface area (Å²) in [5.74, 6) is 0.733. The molecule has 0 bridgehead atoms. The van der Waals surface area contributed by atoms with Crippen LogP contribution in [-0.2, 0) is 0 Å². The van der Waals surface area contributed by atoms with E-state index in [0.717, 1.165) is 36.1 Å². The molecule has 1 aliphatic rings. The number of hydrogen-bond donors (Lipinski definition) is 1. The van der Waals surface area contributed by atoms with Crippen LogP contribution in [0, 0.1) is 5.92 Å². The molecule has 1 atom stereocenters. The van der Waals surface area contributed by atoms with E-state index in [1.807, 2.05) is 36.2 Å². The second kappa shape index (κ2) is 6.34. The number of benzene rings is 1. The number of carbonyl (C=O) groups excluding carboxylic acids is 1. The zero-order valence-corrected chi connectivity index (χ0v) is 12.2. The molecule has 98 valence electrons. The number of piperidine rings is 1. The zero-order chi connectivity index (χ0) is 13.0. The first-order valence-electron chi connectivity index (χ1n) is 6.40. The summed E-state index contributed by atoms with van der Waals surface area (Å²) in [4.78, 5) is 14.4. The molecule has 18 heavy (non-hydrogen) atoms. The molecular formula is C14H19BrN2O. The Balaban J connectivity index is 2.04. The maximum Gasteiger partial charge on any atom is 0.253 e. The quantitative estimate of drug-likeness (QED) is 0.930. The lowest BCUT2D eigenvalue weighted by atomic mass is 9.97. The van der Waals surface area contributed by atoms with Gasteiger partial charge in [0.2, 0.25) is 0 Å². The van der Waals surface area contributed by atoms with Crippen molar-refractivity contribution in [3.8, 4) is 0 Å². The second-order valence-corrected chi connectivity index (χ2v) is 5.74. The summed E-state index contributed by atoms with van der Waals surface area (Å²) in [6, 6.07) is 7.63. The third-order valence-corrected chi connectivity index (χ3v) is 3.86. The van der Waals surface area contributed by atoms with Crippen molar-refractivity contribution in [1.29, 1.82) is 0 Å². The Hall–Kier alpha value is -0.870. The molecule has 1 heterocycles. The first kappa shape index (κ1) is 13.6. The van der Waals surface area contributed by atoms with Gasteiger partial charge in [-0.05, 0) is 50.6 Å². The predicted molar refractivity (Wildman–Crippen MR) is 76.7 cm³/mol. The monoisotopic (exact) mass is 310 g/mol. The number of rotatable bonds is 3. The van der Waals surface area contributed by atoms with Gasteiger partial charge in [0.1, 0.15) is 0 Å². The molecule has 0 radical (unpaired) electrons. The minimum absolute atomic E-state index is 0.150. The average Bonchev–Trinajstić information content (AvgIpc) is 2.39. The number of hydrogen-bond acceptors (Lipinski definition) is 2. The van der Waals surface area contributed by atoms with Gasteiger partial charge in [0.05, 0.1) is 0 Å². The fraction of sp³-hybridized carbons (Fsp3) is 0.500. The van der Waals surface area contributed by atoms with Gasteiger partial charge in [-0.3, -0.25) is 4.79 Å². The van der Waals surface area contributed by atoms with Gasteiger partial charge in [0.25, 0.3) is 5.91 Å². The minimum Gasteiger partial charge on any atom is -0.338 e. The smallest absolute Gasteiger partial charge is 0.253 e. The van der Waals surface area contributed by atoms with E-state index in [1.54, 1.807) is 0 Å². The third-order valence-electron chi connectivity index (χ3n) is 3.37. The van der Waals surface area contributed by atoms with Crippen LogP contribution in [0.25, 0.3) is 0 Å². The van der Waals surface area contributed by atoms with E-state index in [1.165, 1.54) is 6.42 Å². The normalized spacial score (nSPS) is 19.9. The summed E-state index contributed by atoms with van der Waals surface area (Å²) in [7, 11) is 1.97. The van der Waals surface area contributed by atoms with Crippen LogP contribution in [0.3, 0.4) is 0 Å². The van der Waals surface area contributed by atoms with Crippen LogP contribution in [0.4, 0.5) is 0 Å². The van der Waals surface area contributed by atoms with E-state index in [-0.39, 0.29) is 5.91 Å². The molecule has 1 aromatic carbocycles. The first-order chi connectivity index (χ1) is 8.70. The topological polar surface area (TPSA) is 32.3 Å². The highest BCUT2D eigenvalue weighted by Crippen LogP contribution is 2.19. The molecule has 1 aliphatic heterocycles. The summed E-state index contributed by atoms with van der Waals surface area (Å²) in [5.41, 5.74) is 0.773. The summed E-state index contributed by atoms with van der Waals surface area (Å²) >= 11 is 3.41. The molecule has 3 nitrogen and oxygen atoms in total. The van der Waals surface area contributed by atoms with Gasteiger partial charge in [-0.1, -0.05) is 22.0 Å². The highest BCUT2D eigenvalue weighted by atomic mass is 79.9. The fourth-order valence-corrected chi connectivity index (χ4v) is 2.91. The number of halogens is 1. The van der Waals surface area contributed by atoms with Crippen molar-refractivity contribution in [2.24, 2.45) is 5.92 Å². The third kappa shape index (κ3) is 3.33. The molecular weight excluding hydrogens is 292 g/mol. The maximum atomic E-state index is 12.4. The second-order valence-electron chi connectivity index (χ2n) is 4.83. The predicted octanol–water partition coefficient (Wildman–Crippen LogP) is 2.52. The van der Waals surface area contributed by atoms with Gasteiger partial charge in [0.15, 0.2) is 0 Å². The molecule has 0 spiro atoms. The Bertz CT molecular complexity index is 420. The maximum absolute atomic E-state index is 12.4. The lowest BCUT2D eigenvalue weighted by Gasteiger charge is -2.32. The number of nitrogens with one attached hydrogen (secondary N) is 1. The van der Waals surface area contributed by atoms with Crippen LogP contribution in [0.15, 0.2) is 28.7 Å². The Kier molecular flexibility index (Phi) is 4.78. The number of amides is 1. The molecule has 1 amide bonds. The SMILES string of the molecule is CNCC1CCCN(C(=O)c2cccc(Br)c2)C1. The van der Waals surface area contributed by atoms with Crippen molar-refractivity contribution >= 4 is 21.8 Å². The van der Waals surface area contributed by atoms with Crippen molar-refractivity contribution in [3.05, 3.63) is 34.3 Å². The molecule has 1 fully saturated rings. The van der Waals surface area contributed by atoms with Gasteiger partial charge >= 0.3 is 0 Å². The van der Waals surface area contributed by atoms with Crippen molar-refractivity contribution < 1.29 is 4.79 Å². The lowest BCUT2D eigenvalue weighted by Crippen LogP contribution is -2.42. The lowest BCUT2D eigenvalue weighted by molar-refractivity contribution is 0.0674. The standard InChI is InChI=1S/C14H19BrN2O/c1-16-9-11-4-3-7-17(10-11)14(18)12-5-2-6-13(15)8-12/h2,5-6,8,11,16H,3-4,7,9-10H2,1H3. The molecule has 1 aromatic rings. The largest absolute Gasteiger partial charge is 0.338 e. The van der Waals surface area contributed by atoms with Crippen LogP contribution < -0.4 is 5.32 Å². The van der Waals surface area contributed by atoms with E-state index < -0.39 is 0 Å². The molecule has 1 N–H and O–H groups in total. The van der Waals surface area contributed by atoms with Crippen molar-refractivity contribution in [3.63, 3.8) is 0 Å². The molecule has 2 rings (SSSR count). The Morgan fingerprint density at radius 2 is 2.39 bits per heavy atom. The molecule has 1 unspecified atom stereocenters. The highest BCUT2D eigenvalue weighted by Gasteiger charge is 2.23. The van der Waals surface area contributed by atoms with Crippen molar-refractivity contribution in [2.75, 3.05) is 26.7 Å². The van der Waals surface area contributed by atoms with Crippen molar-refractivity contribution in [2.45, 2.75) is 12.8 Å². The summed E-state index contributed by atoms with van der Waals surface area (Å²) in [6.07, 6.45) is 2.31. The van der Waals surface area contributed by atoms with E-state index >= 15 is 0 Å².